The molecule has 3 aliphatic carbocycles. The number of allylic oxidation sites excluding steroid dienone is 1. The third-order valence-electron chi connectivity index (χ3n) is 9.89. The summed E-state index contributed by atoms with van der Waals surface area (Å²) in [5.74, 6) is 1.24. The first-order valence-electron chi connectivity index (χ1n) is 14.7. The number of nitrogens with zero attached hydrogens (tertiary/aromatic N) is 2. The van der Waals surface area contributed by atoms with E-state index in [-0.39, 0.29) is 11.8 Å². The van der Waals surface area contributed by atoms with Crippen molar-refractivity contribution in [3.63, 3.8) is 0 Å². The normalized spacial score (nSPS) is 24.4. The van der Waals surface area contributed by atoms with Crippen molar-refractivity contribution in [1.29, 1.82) is 0 Å². The van der Waals surface area contributed by atoms with Gasteiger partial charge in [0.15, 0.2) is 9.84 Å². The Hall–Kier alpha value is -3.57. The fourth-order valence-corrected chi connectivity index (χ4v) is 9.09. The Kier molecular flexibility index (Phi) is 5.44. The molecule has 1 saturated carbocycles. The molecule has 0 spiro atoms. The molecule has 3 aromatic rings. The summed E-state index contributed by atoms with van der Waals surface area (Å²) < 4.78 is 27.3. The summed E-state index contributed by atoms with van der Waals surface area (Å²) in [5.41, 5.74) is 5.81. The van der Waals surface area contributed by atoms with Gasteiger partial charge in [0.1, 0.15) is 5.25 Å². The minimum atomic E-state index is -3.35. The first-order chi connectivity index (χ1) is 19.5. The predicted molar refractivity (Wildman–Crippen MR) is 160 cm³/mol. The van der Waals surface area contributed by atoms with Crippen LogP contribution in [0.25, 0.3) is 17.2 Å². The number of sulfone groups is 1. The zero-order valence-electron chi connectivity index (χ0n) is 22.7. The van der Waals surface area contributed by atoms with Crippen molar-refractivity contribution in [1.82, 2.24) is 0 Å². The molecule has 2 heterocycles. The van der Waals surface area contributed by atoms with E-state index in [1.807, 2.05) is 36.6 Å². The highest BCUT2D eigenvalue weighted by Crippen LogP contribution is 2.46. The number of fused-ring (bicyclic) bond motifs is 6. The van der Waals surface area contributed by atoms with Gasteiger partial charge in [-0.1, -0.05) is 74.0 Å². The SMILES string of the molecule is CCS(=O)(=O)C1C=c2ccccc2=c2ccc3c(c21)CCC(C1CCC1)C=3C1N=CC=C2N=c3ccccc3=C21. The van der Waals surface area contributed by atoms with Crippen molar-refractivity contribution in [3.8, 4) is 0 Å². The number of dihydropyridines is 1. The highest BCUT2D eigenvalue weighted by Gasteiger charge is 2.40. The lowest BCUT2D eigenvalue weighted by atomic mass is 9.65. The molecule has 40 heavy (non-hydrogen) atoms. The third kappa shape index (κ3) is 3.46. The molecule has 3 atom stereocenters. The molecule has 0 radical (unpaired) electrons. The van der Waals surface area contributed by atoms with Crippen molar-refractivity contribution in [3.05, 3.63) is 115 Å². The minimum absolute atomic E-state index is 0.101. The Morgan fingerprint density at radius 3 is 2.45 bits per heavy atom. The molecular weight excluding hydrogens is 512 g/mol. The molecule has 3 aromatic carbocycles. The van der Waals surface area contributed by atoms with Gasteiger partial charge in [-0.3, -0.25) is 4.99 Å². The molecule has 0 amide bonds. The maximum atomic E-state index is 13.6. The van der Waals surface area contributed by atoms with Crippen LogP contribution < -0.4 is 21.0 Å². The van der Waals surface area contributed by atoms with Crippen molar-refractivity contribution < 1.29 is 8.42 Å². The first-order valence-corrected chi connectivity index (χ1v) is 16.4. The summed E-state index contributed by atoms with van der Waals surface area (Å²) in [6.07, 6.45) is 11.7. The largest absolute Gasteiger partial charge is 0.280 e. The van der Waals surface area contributed by atoms with Crippen molar-refractivity contribution in [2.75, 3.05) is 5.75 Å². The number of para-hydroxylation sites is 1. The second kappa shape index (κ2) is 8.97. The summed E-state index contributed by atoms with van der Waals surface area (Å²) >= 11 is 0. The summed E-state index contributed by atoms with van der Waals surface area (Å²) in [7, 11) is -3.35. The van der Waals surface area contributed by atoms with Crippen LogP contribution in [0, 0.1) is 22.3 Å². The van der Waals surface area contributed by atoms with Crippen LogP contribution >= 0.6 is 0 Å². The number of benzene rings is 3. The summed E-state index contributed by atoms with van der Waals surface area (Å²) in [5, 5.41) is 6.00. The number of hydrogen-bond acceptors (Lipinski definition) is 4. The molecule has 2 aliphatic heterocycles. The second-order valence-corrected chi connectivity index (χ2v) is 14.2. The molecule has 0 saturated heterocycles. The van der Waals surface area contributed by atoms with Crippen LogP contribution in [0.1, 0.15) is 49.0 Å². The van der Waals surface area contributed by atoms with Gasteiger partial charge < -0.3 is 0 Å². The predicted octanol–water partition coefficient (Wildman–Crippen LogP) is 3.58. The lowest BCUT2D eigenvalue weighted by Crippen LogP contribution is -2.39. The Morgan fingerprint density at radius 2 is 1.65 bits per heavy atom. The molecule has 1 fully saturated rings. The van der Waals surface area contributed by atoms with Gasteiger partial charge in [-0.15, -0.1) is 0 Å². The van der Waals surface area contributed by atoms with Gasteiger partial charge in [0.05, 0.1) is 17.1 Å². The molecule has 3 unspecified atom stereocenters. The zero-order chi connectivity index (χ0) is 27.0. The maximum absolute atomic E-state index is 13.6. The Labute approximate surface area is 234 Å². The van der Waals surface area contributed by atoms with Gasteiger partial charge in [-0.2, -0.15) is 0 Å². The van der Waals surface area contributed by atoms with Crippen LogP contribution in [0.4, 0.5) is 0 Å². The lowest BCUT2D eigenvalue weighted by molar-refractivity contribution is 0.233. The highest BCUT2D eigenvalue weighted by molar-refractivity contribution is 7.92. The van der Waals surface area contributed by atoms with E-state index in [2.05, 4.69) is 42.5 Å². The molecule has 0 aromatic heterocycles. The van der Waals surface area contributed by atoms with Gasteiger partial charge >= 0.3 is 0 Å². The molecule has 4 nitrogen and oxygen atoms in total. The van der Waals surface area contributed by atoms with E-state index >= 15 is 0 Å². The molecule has 0 N–H and O–H groups in total. The molecule has 5 heteroatoms. The fourth-order valence-electron chi connectivity index (χ4n) is 7.75. The van der Waals surface area contributed by atoms with Crippen LogP contribution in [-0.2, 0) is 16.3 Å². The number of aliphatic imine (C=N–C) groups is 1. The molecular formula is C35H32N2O2S. The van der Waals surface area contributed by atoms with E-state index in [9.17, 15) is 8.42 Å². The summed E-state index contributed by atoms with van der Waals surface area (Å²) in [6.45, 7) is 1.77. The van der Waals surface area contributed by atoms with Gasteiger partial charge in [0.25, 0.3) is 0 Å². The zero-order valence-corrected chi connectivity index (χ0v) is 23.5. The fraction of sp³-hybridized carbons (Fsp3) is 0.314. The van der Waals surface area contributed by atoms with E-state index in [1.165, 1.54) is 46.4 Å². The van der Waals surface area contributed by atoms with Crippen molar-refractivity contribution >= 4 is 33.3 Å². The van der Waals surface area contributed by atoms with Gasteiger partial charge in [0.2, 0.25) is 0 Å². The number of hydrogen-bond donors (Lipinski definition) is 0. The molecule has 0 bridgehead atoms. The average Bonchev–Trinajstić information content (AvgIpc) is 3.34. The Balaban J connectivity index is 1.49. The Morgan fingerprint density at radius 1 is 0.875 bits per heavy atom. The van der Waals surface area contributed by atoms with Gasteiger partial charge in [-0.25, -0.2) is 13.4 Å². The highest BCUT2D eigenvalue weighted by atomic mass is 32.2. The summed E-state index contributed by atoms with van der Waals surface area (Å²) in [4.78, 5) is 10.1. The first kappa shape index (κ1) is 24.2. The average molecular weight is 545 g/mol. The van der Waals surface area contributed by atoms with E-state index in [0.717, 1.165) is 45.1 Å². The third-order valence-corrected chi connectivity index (χ3v) is 11.8. The van der Waals surface area contributed by atoms with Crippen LogP contribution in [0.3, 0.4) is 0 Å². The standard InChI is InChI=1S/C35H32N2O2S/c1-2-40(38,39)31-20-22-8-3-4-11-23(22)25-16-17-27-26(32(25)31)15-14-24(21-9-7-10-21)33(27)35-34-28-12-5-6-13-29(28)37-30(34)18-19-36-35/h3-6,8,11-13,16-21,24,31,35H,2,7,9-10,14-15H2,1H3. The van der Waals surface area contributed by atoms with Gasteiger partial charge in [0, 0.05) is 22.8 Å². The van der Waals surface area contributed by atoms with Crippen LogP contribution in [-0.4, -0.2) is 26.4 Å². The van der Waals surface area contributed by atoms with E-state index < -0.39 is 15.1 Å². The molecule has 5 aliphatic rings. The van der Waals surface area contributed by atoms with E-state index in [1.54, 1.807) is 6.92 Å². The van der Waals surface area contributed by atoms with Crippen molar-refractivity contribution in [2.45, 2.75) is 50.3 Å². The van der Waals surface area contributed by atoms with Crippen LogP contribution in [0.5, 0.6) is 0 Å². The van der Waals surface area contributed by atoms with Crippen molar-refractivity contribution in [2.24, 2.45) is 21.8 Å². The second-order valence-electron chi connectivity index (χ2n) is 11.8. The molecule has 200 valence electrons. The summed E-state index contributed by atoms with van der Waals surface area (Å²) in [6, 6.07) is 21.0. The maximum Gasteiger partial charge on any atom is 0.160 e. The molecule has 8 rings (SSSR count). The van der Waals surface area contributed by atoms with E-state index in [4.69, 9.17) is 9.98 Å². The monoisotopic (exact) mass is 544 g/mol. The minimum Gasteiger partial charge on any atom is -0.280 e. The number of rotatable bonds is 4. The van der Waals surface area contributed by atoms with E-state index in [0.29, 0.717) is 11.8 Å². The Bertz CT molecular complexity index is 2120. The lowest BCUT2D eigenvalue weighted by Gasteiger charge is -2.41. The topological polar surface area (TPSA) is 58.9 Å². The van der Waals surface area contributed by atoms with Gasteiger partial charge in [-0.05, 0) is 87.2 Å². The smallest absolute Gasteiger partial charge is 0.160 e. The quantitative estimate of drug-likeness (QED) is 0.504. The van der Waals surface area contributed by atoms with Crippen LogP contribution in [0.15, 0.2) is 82.4 Å². The van der Waals surface area contributed by atoms with Crippen LogP contribution in [0.2, 0.25) is 0 Å².